The molecule has 0 saturated heterocycles. The number of hydrogen-bond acceptors (Lipinski definition) is 5. The highest BCUT2D eigenvalue weighted by Crippen LogP contribution is 2.00. The molecule has 9 nitrogen and oxygen atoms in total. The van der Waals surface area contributed by atoms with E-state index in [1.54, 1.807) is 0 Å². The average molecular weight is 233 g/mol. The van der Waals surface area contributed by atoms with E-state index in [-0.39, 0.29) is 12.4 Å². The van der Waals surface area contributed by atoms with Crippen molar-refractivity contribution in [2.24, 2.45) is 16.5 Å². The summed E-state index contributed by atoms with van der Waals surface area (Å²) in [4.78, 5) is 25.0. The molecular weight excluding hydrogens is 218 g/mol. The van der Waals surface area contributed by atoms with Crippen LogP contribution in [0.15, 0.2) is 4.99 Å². The molecule has 16 heavy (non-hydrogen) atoms. The lowest BCUT2D eigenvalue weighted by molar-refractivity contribution is -0.549. The van der Waals surface area contributed by atoms with Crippen LogP contribution in [-0.2, 0) is 9.53 Å². The largest absolute Gasteiger partial charge is 0.467 e. The summed E-state index contributed by atoms with van der Waals surface area (Å²) >= 11 is 0. The summed E-state index contributed by atoms with van der Waals surface area (Å²) in [7, 11) is 1.16. The summed E-state index contributed by atoms with van der Waals surface area (Å²) in [5.74, 6) is -0.752. The van der Waals surface area contributed by atoms with Gasteiger partial charge in [0.25, 0.3) is 0 Å². The number of nitrogens with one attached hydrogen (secondary N) is 1. The van der Waals surface area contributed by atoms with Crippen LogP contribution in [0, 0.1) is 10.1 Å². The fourth-order valence-electron chi connectivity index (χ4n) is 1.01. The lowest BCUT2D eigenvalue weighted by Gasteiger charge is -2.10. The minimum atomic E-state index is -0.991. The molecule has 0 aromatic rings. The van der Waals surface area contributed by atoms with Gasteiger partial charge in [-0.05, 0) is 12.8 Å². The number of guanidine groups is 1. The molecule has 0 aliphatic rings. The fraction of sp³-hybridized carbons (Fsp3) is 0.714. The highest BCUT2D eigenvalue weighted by molar-refractivity contribution is 5.76. The minimum Gasteiger partial charge on any atom is -0.467 e. The average Bonchev–Trinajstić information content (AvgIpc) is 2.20. The molecule has 0 spiro atoms. The van der Waals surface area contributed by atoms with E-state index in [4.69, 9.17) is 11.5 Å². The molecular formula is C7H15N5O4. The molecule has 0 radical (unpaired) electrons. The quantitative estimate of drug-likeness (QED) is 0.119. The number of methoxy groups -OCH3 is 1. The van der Waals surface area contributed by atoms with Gasteiger partial charge in [0.1, 0.15) is 0 Å². The van der Waals surface area contributed by atoms with E-state index < -0.39 is 17.0 Å². The van der Waals surface area contributed by atoms with Crippen molar-refractivity contribution in [1.82, 2.24) is 5.43 Å². The first kappa shape index (κ1) is 13.9. The normalized spacial score (nSPS) is 11.3. The molecule has 9 heteroatoms. The van der Waals surface area contributed by atoms with Crippen molar-refractivity contribution in [1.29, 1.82) is 0 Å². The van der Waals surface area contributed by atoms with Gasteiger partial charge < -0.3 is 16.2 Å². The summed E-state index contributed by atoms with van der Waals surface area (Å²) in [6.45, 7) is 0.301. The molecule has 0 heterocycles. The minimum absolute atomic E-state index is 0.0585. The number of rotatable bonds is 7. The summed E-state index contributed by atoms with van der Waals surface area (Å²) in [5.41, 5.74) is 12.0. The van der Waals surface area contributed by atoms with Crippen LogP contribution in [0.5, 0.6) is 0 Å². The van der Waals surface area contributed by atoms with Crippen LogP contribution in [-0.4, -0.2) is 36.7 Å². The number of nitrogens with two attached hydrogens (primary N) is 2. The van der Waals surface area contributed by atoms with E-state index in [1.807, 2.05) is 5.43 Å². The van der Waals surface area contributed by atoms with Gasteiger partial charge in [-0.3, -0.25) is 4.99 Å². The number of nitrogens with zero attached hydrogens (tertiary/aromatic N) is 2. The van der Waals surface area contributed by atoms with Gasteiger partial charge in [0.05, 0.1) is 7.11 Å². The van der Waals surface area contributed by atoms with Crippen LogP contribution < -0.4 is 16.9 Å². The Morgan fingerprint density at radius 1 is 1.62 bits per heavy atom. The molecule has 0 rings (SSSR count). The van der Waals surface area contributed by atoms with E-state index in [0.717, 1.165) is 7.11 Å². The van der Waals surface area contributed by atoms with Crippen LogP contribution in [0.25, 0.3) is 0 Å². The third-order valence-corrected chi connectivity index (χ3v) is 1.69. The van der Waals surface area contributed by atoms with E-state index in [2.05, 4.69) is 9.73 Å². The van der Waals surface area contributed by atoms with E-state index in [1.165, 1.54) is 0 Å². The third-order valence-electron chi connectivity index (χ3n) is 1.69. The van der Waals surface area contributed by atoms with Gasteiger partial charge >= 0.3 is 5.97 Å². The molecule has 1 atom stereocenters. The predicted octanol–water partition coefficient (Wildman–Crippen LogP) is -1.64. The Kier molecular flexibility index (Phi) is 6.33. The number of hydrogen-bond donors (Lipinski definition) is 3. The summed E-state index contributed by atoms with van der Waals surface area (Å²) in [6, 6.07) is -0.991. The number of nitro groups is 1. The van der Waals surface area contributed by atoms with Crippen molar-refractivity contribution in [3.8, 4) is 0 Å². The summed E-state index contributed by atoms with van der Waals surface area (Å²) < 4.78 is 4.40. The maximum atomic E-state index is 11.1. The van der Waals surface area contributed by atoms with Gasteiger partial charge in [0, 0.05) is 6.54 Å². The monoisotopic (exact) mass is 233 g/mol. The highest BCUT2D eigenvalue weighted by atomic mass is 16.7. The maximum Gasteiger partial charge on any atom is 0.334 e. The molecule has 0 aromatic heterocycles. The second-order valence-corrected chi connectivity index (χ2v) is 2.91. The fourth-order valence-corrected chi connectivity index (χ4v) is 1.01. The molecule has 5 N–H and O–H groups in total. The van der Waals surface area contributed by atoms with Crippen molar-refractivity contribution >= 4 is 11.9 Å². The Labute approximate surface area is 92.0 Å². The molecule has 0 saturated carbocycles. The second-order valence-electron chi connectivity index (χ2n) is 2.91. The van der Waals surface area contributed by atoms with Crippen molar-refractivity contribution in [3.63, 3.8) is 0 Å². The smallest absolute Gasteiger partial charge is 0.334 e. The number of carbonyl (C=O) groups excluding carboxylic acids is 1. The molecule has 0 aliphatic carbocycles. The molecule has 0 unspecified atom stereocenters. The molecule has 0 fully saturated rings. The SMILES string of the molecule is COC(=O)[C@H](CCCN=C(N)N)N[N+](=O)[O-]. The highest BCUT2D eigenvalue weighted by Gasteiger charge is 2.22. The van der Waals surface area contributed by atoms with Crippen LogP contribution in [0.1, 0.15) is 12.8 Å². The van der Waals surface area contributed by atoms with Gasteiger partial charge in [0.2, 0.25) is 0 Å². The zero-order valence-electron chi connectivity index (χ0n) is 8.88. The predicted molar refractivity (Wildman–Crippen MR) is 55.8 cm³/mol. The van der Waals surface area contributed by atoms with E-state index >= 15 is 0 Å². The van der Waals surface area contributed by atoms with Crippen molar-refractivity contribution < 1.29 is 14.6 Å². The van der Waals surface area contributed by atoms with Gasteiger partial charge in [-0.15, -0.1) is 5.43 Å². The first-order valence-electron chi connectivity index (χ1n) is 4.51. The lowest BCUT2D eigenvalue weighted by atomic mass is 10.1. The Morgan fingerprint density at radius 3 is 2.69 bits per heavy atom. The van der Waals surface area contributed by atoms with Crippen LogP contribution in [0.3, 0.4) is 0 Å². The summed E-state index contributed by atoms with van der Waals surface area (Å²) in [6.07, 6.45) is 0.642. The van der Waals surface area contributed by atoms with Crippen LogP contribution in [0.2, 0.25) is 0 Å². The maximum absolute atomic E-state index is 11.1. The van der Waals surface area contributed by atoms with Gasteiger partial charge in [0.15, 0.2) is 17.0 Å². The number of esters is 1. The zero-order valence-corrected chi connectivity index (χ0v) is 8.88. The number of ether oxygens (including phenoxy) is 1. The van der Waals surface area contributed by atoms with E-state index in [9.17, 15) is 14.9 Å². The van der Waals surface area contributed by atoms with E-state index in [0.29, 0.717) is 13.0 Å². The molecule has 0 aromatic carbocycles. The van der Waals surface area contributed by atoms with Crippen LogP contribution in [0.4, 0.5) is 0 Å². The van der Waals surface area contributed by atoms with Crippen molar-refractivity contribution in [3.05, 3.63) is 10.1 Å². The van der Waals surface area contributed by atoms with Crippen LogP contribution >= 0.6 is 0 Å². The second kappa shape index (κ2) is 7.26. The first-order valence-corrected chi connectivity index (χ1v) is 4.51. The van der Waals surface area contributed by atoms with Gasteiger partial charge in [-0.1, -0.05) is 0 Å². The van der Waals surface area contributed by atoms with Crippen molar-refractivity contribution in [2.45, 2.75) is 18.9 Å². The van der Waals surface area contributed by atoms with Gasteiger partial charge in [-0.2, -0.15) is 0 Å². The summed E-state index contributed by atoms with van der Waals surface area (Å²) in [5, 5.41) is 9.40. The van der Waals surface area contributed by atoms with Gasteiger partial charge in [-0.25, -0.2) is 14.9 Å². The molecule has 0 aliphatic heterocycles. The zero-order chi connectivity index (χ0) is 12.6. The number of hydrazine groups is 1. The third kappa shape index (κ3) is 6.40. The Morgan fingerprint density at radius 2 is 2.25 bits per heavy atom. The Balaban J connectivity index is 4.07. The standard InChI is InChI=1S/C7H15N5O4/c1-16-6(13)5(11-12(14)15)3-2-4-10-7(8)9/h5,11H,2-4H2,1H3,(H4,8,9,10)/t5-/m0/s1. The Hall–Kier alpha value is -2.06. The topological polar surface area (TPSA) is 146 Å². The van der Waals surface area contributed by atoms with Crippen molar-refractivity contribution in [2.75, 3.05) is 13.7 Å². The first-order chi connectivity index (χ1) is 7.47. The Bertz CT molecular complexity index is 276. The molecule has 92 valence electrons. The molecule has 0 bridgehead atoms. The number of carbonyl (C=O) groups is 1. The number of aliphatic imine (C=N–C) groups is 1. The molecule has 0 amide bonds. The lowest BCUT2D eigenvalue weighted by Crippen LogP contribution is -2.41.